The second-order valence-electron chi connectivity index (χ2n) is 6.08. The Balaban J connectivity index is 1.83. The first kappa shape index (κ1) is 16.3. The molecule has 2 N–H and O–H groups in total. The zero-order valence-electron chi connectivity index (χ0n) is 13.5. The van der Waals surface area contributed by atoms with Gasteiger partial charge in [-0.25, -0.2) is 9.98 Å². The minimum absolute atomic E-state index is 0.662. The van der Waals surface area contributed by atoms with Gasteiger partial charge >= 0.3 is 0 Å². The molecule has 1 aromatic rings. The van der Waals surface area contributed by atoms with Crippen LogP contribution in [0.3, 0.4) is 0 Å². The third kappa shape index (κ3) is 5.65. The highest BCUT2D eigenvalue weighted by atomic mass is 32.1. The van der Waals surface area contributed by atoms with E-state index in [9.17, 15) is 0 Å². The number of rotatable bonds is 5. The van der Waals surface area contributed by atoms with E-state index in [2.05, 4.69) is 41.4 Å². The predicted molar refractivity (Wildman–Crippen MR) is 90.8 cm³/mol. The number of guanidine groups is 1. The van der Waals surface area contributed by atoms with Crippen LogP contribution in [0, 0.1) is 18.8 Å². The minimum atomic E-state index is 0.662. The molecule has 4 nitrogen and oxygen atoms in total. The molecule has 0 amide bonds. The molecule has 2 atom stereocenters. The van der Waals surface area contributed by atoms with Gasteiger partial charge in [0.1, 0.15) is 5.01 Å². The maximum absolute atomic E-state index is 4.64. The summed E-state index contributed by atoms with van der Waals surface area (Å²) in [5.74, 6) is 2.59. The van der Waals surface area contributed by atoms with Crippen LogP contribution in [0.15, 0.2) is 11.2 Å². The van der Waals surface area contributed by atoms with Crippen molar-refractivity contribution in [3.05, 3.63) is 16.1 Å². The molecule has 1 aromatic heterocycles. The lowest BCUT2D eigenvalue weighted by atomic mass is 9.82. The molecular formula is C16H28N4S. The highest BCUT2D eigenvalue weighted by Crippen LogP contribution is 2.27. The predicted octanol–water partition coefficient (Wildman–Crippen LogP) is 3.33. The fourth-order valence-electron chi connectivity index (χ4n) is 2.95. The zero-order valence-corrected chi connectivity index (χ0v) is 14.3. The molecule has 0 bridgehead atoms. The average molecular weight is 308 g/mol. The second kappa shape index (κ2) is 8.37. The summed E-state index contributed by atoms with van der Waals surface area (Å²) in [4.78, 5) is 10.3. The number of aryl methyl sites for hydroxylation is 1. The van der Waals surface area contributed by atoms with E-state index in [0.29, 0.717) is 6.54 Å². The summed E-state index contributed by atoms with van der Waals surface area (Å²) in [7, 11) is 0. The Morgan fingerprint density at radius 1 is 1.43 bits per heavy atom. The Labute approximate surface area is 132 Å². The molecule has 0 aromatic carbocycles. The highest BCUT2D eigenvalue weighted by Gasteiger charge is 2.18. The van der Waals surface area contributed by atoms with Crippen molar-refractivity contribution < 1.29 is 0 Å². The van der Waals surface area contributed by atoms with Crippen molar-refractivity contribution in [2.24, 2.45) is 16.8 Å². The first-order valence-corrected chi connectivity index (χ1v) is 8.92. The van der Waals surface area contributed by atoms with Gasteiger partial charge in [0.15, 0.2) is 5.96 Å². The monoisotopic (exact) mass is 308 g/mol. The molecule has 0 saturated heterocycles. The fraction of sp³-hybridized carbons (Fsp3) is 0.750. The van der Waals surface area contributed by atoms with E-state index in [1.807, 2.05) is 6.20 Å². The lowest BCUT2D eigenvalue weighted by Gasteiger charge is -2.27. The highest BCUT2D eigenvalue weighted by molar-refractivity contribution is 7.11. The Bertz CT molecular complexity index is 455. The smallest absolute Gasteiger partial charge is 0.191 e. The number of nitrogens with one attached hydrogen (secondary N) is 2. The van der Waals surface area contributed by atoms with E-state index in [0.717, 1.165) is 35.9 Å². The molecule has 0 spiro atoms. The van der Waals surface area contributed by atoms with Crippen molar-refractivity contribution in [2.75, 3.05) is 13.1 Å². The summed E-state index contributed by atoms with van der Waals surface area (Å²) in [5.41, 5.74) is 0. The van der Waals surface area contributed by atoms with Crippen LogP contribution in [0.4, 0.5) is 0 Å². The van der Waals surface area contributed by atoms with E-state index < -0.39 is 0 Å². The Morgan fingerprint density at radius 2 is 2.29 bits per heavy atom. The van der Waals surface area contributed by atoms with E-state index in [1.54, 1.807) is 11.3 Å². The van der Waals surface area contributed by atoms with Gasteiger partial charge in [-0.05, 0) is 38.5 Å². The normalized spacial score (nSPS) is 23.1. The van der Waals surface area contributed by atoms with E-state index in [1.165, 1.54) is 30.6 Å². The molecular weight excluding hydrogens is 280 g/mol. The van der Waals surface area contributed by atoms with Crippen LogP contribution in [0.1, 0.15) is 49.4 Å². The van der Waals surface area contributed by atoms with Crippen LogP contribution in [0.2, 0.25) is 0 Å². The molecule has 1 heterocycles. The van der Waals surface area contributed by atoms with E-state index in [-0.39, 0.29) is 0 Å². The molecule has 5 heteroatoms. The fourth-order valence-corrected chi connectivity index (χ4v) is 3.66. The molecule has 0 radical (unpaired) electrons. The summed E-state index contributed by atoms with van der Waals surface area (Å²) in [5, 5.41) is 7.91. The van der Waals surface area contributed by atoms with Gasteiger partial charge in [0.2, 0.25) is 0 Å². The second-order valence-corrected chi connectivity index (χ2v) is 7.40. The molecule has 118 valence electrons. The topological polar surface area (TPSA) is 49.3 Å². The molecule has 1 aliphatic carbocycles. The van der Waals surface area contributed by atoms with Crippen molar-refractivity contribution in [3.63, 3.8) is 0 Å². The maximum atomic E-state index is 4.64. The number of thiazole rings is 1. The van der Waals surface area contributed by atoms with Crippen LogP contribution in [0.25, 0.3) is 0 Å². The number of hydrogen-bond donors (Lipinski definition) is 2. The van der Waals surface area contributed by atoms with Gasteiger partial charge in [0.05, 0.1) is 6.54 Å². The van der Waals surface area contributed by atoms with Gasteiger partial charge in [-0.15, -0.1) is 11.3 Å². The van der Waals surface area contributed by atoms with Gasteiger partial charge in [-0.2, -0.15) is 0 Å². The number of nitrogens with zero attached hydrogens (tertiary/aromatic N) is 2. The van der Waals surface area contributed by atoms with Crippen LogP contribution in [0.5, 0.6) is 0 Å². The summed E-state index contributed by atoms with van der Waals surface area (Å²) < 4.78 is 0. The summed E-state index contributed by atoms with van der Waals surface area (Å²) in [6.07, 6.45) is 7.38. The van der Waals surface area contributed by atoms with Crippen molar-refractivity contribution in [1.82, 2.24) is 15.6 Å². The number of hydrogen-bond acceptors (Lipinski definition) is 3. The number of aliphatic imine (C=N–C) groups is 1. The third-order valence-corrected chi connectivity index (χ3v) is 4.89. The zero-order chi connectivity index (χ0) is 15.1. The maximum Gasteiger partial charge on any atom is 0.191 e. The van der Waals surface area contributed by atoms with Crippen molar-refractivity contribution in [1.29, 1.82) is 0 Å². The molecule has 0 aliphatic heterocycles. The first-order valence-electron chi connectivity index (χ1n) is 8.10. The molecule has 2 unspecified atom stereocenters. The van der Waals surface area contributed by atoms with Gasteiger partial charge in [-0.3, -0.25) is 0 Å². The van der Waals surface area contributed by atoms with E-state index >= 15 is 0 Å². The van der Waals surface area contributed by atoms with Crippen LogP contribution >= 0.6 is 11.3 Å². The van der Waals surface area contributed by atoms with Gasteiger partial charge < -0.3 is 10.6 Å². The van der Waals surface area contributed by atoms with Gasteiger partial charge in [-0.1, -0.05) is 19.8 Å². The van der Waals surface area contributed by atoms with Gasteiger partial charge in [0.25, 0.3) is 0 Å². The van der Waals surface area contributed by atoms with Crippen LogP contribution < -0.4 is 10.6 Å². The average Bonchev–Trinajstić information content (AvgIpc) is 2.88. The third-order valence-electron chi connectivity index (χ3n) is 3.99. The summed E-state index contributed by atoms with van der Waals surface area (Å²) in [6.45, 7) is 9.15. The van der Waals surface area contributed by atoms with Crippen LogP contribution in [-0.4, -0.2) is 24.0 Å². The molecule has 1 saturated carbocycles. The molecule has 1 fully saturated rings. The molecule has 21 heavy (non-hydrogen) atoms. The minimum Gasteiger partial charge on any atom is -0.357 e. The standard InChI is InChI=1S/C16H28N4S/c1-4-17-16(20-11-15-18-9-13(3)21-15)19-10-14-7-5-6-12(2)8-14/h9,12,14H,4-8,10-11H2,1-3H3,(H2,17,19,20). The largest absolute Gasteiger partial charge is 0.357 e. The SMILES string of the molecule is CCNC(=NCc1ncc(C)s1)NCC1CCCC(C)C1. The Hall–Kier alpha value is -1.10. The van der Waals surface area contributed by atoms with Crippen LogP contribution in [-0.2, 0) is 6.54 Å². The quantitative estimate of drug-likeness (QED) is 0.648. The molecule has 1 aliphatic rings. The summed E-state index contributed by atoms with van der Waals surface area (Å²) >= 11 is 1.72. The van der Waals surface area contributed by atoms with Gasteiger partial charge in [0, 0.05) is 24.2 Å². The van der Waals surface area contributed by atoms with Crippen molar-refractivity contribution in [3.8, 4) is 0 Å². The summed E-state index contributed by atoms with van der Waals surface area (Å²) in [6, 6.07) is 0. The number of aromatic nitrogens is 1. The Morgan fingerprint density at radius 3 is 2.95 bits per heavy atom. The lowest BCUT2D eigenvalue weighted by Crippen LogP contribution is -2.40. The van der Waals surface area contributed by atoms with Crippen molar-refractivity contribution >= 4 is 17.3 Å². The molecule has 2 rings (SSSR count). The van der Waals surface area contributed by atoms with E-state index in [4.69, 9.17) is 0 Å². The lowest BCUT2D eigenvalue weighted by molar-refractivity contribution is 0.282. The Kier molecular flexibility index (Phi) is 6.49. The van der Waals surface area contributed by atoms with Crippen molar-refractivity contribution in [2.45, 2.75) is 53.0 Å². The first-order chi connectivity index (χ1) is 10.2.